The molecule has 42 heavy (non-hydrogen) atoms. The molecule has 2 amide bonds. The Morgan fingerprint density at radius 1 is 1.24 bits per heavy atom. The fourth-order valence-corrected chi connectivity index (χ4v) is 6.12. The summed E-state index contributed by atoms with van der Waals surface area (Å²) in [5.74, 6) is 3.01. The number of aryl methyl sites for hydroxylation is 2. The molecule has 0 spiro atoms. The summed E-state index contributed by atoms with van der Waals surface area (Å²) in [7, 11) is 2.10. The van der Waals surface area contributed by atoms with Crippen molar-refractivity contribution in [2.45, 2.75) is 45.4 Å². The SMILES string of the molecule is Cc1ccc(OC[C@H](O)CNC2=C(c3nc4c(Cl)c5c(cc4[nH]3)C(=O)N(C3CCN(C)CC3)C5)C(=O)N=C=C2)c(C)c1. The van der Waals surface area contributed by atoms with Crippen LogP contribution in [0.3, 0.4) is 0 Å². The lowest BCUT2D eigenvalue weighted by atomic mass is 10.0. The van der Waals surface area contributed by atoms with E-state index in [1.807, 2.05) is 36.9 Å². The molecule has 1 saturated heterocycles. The van der Waals surface area contributed by atoms with Crippen LogP contribution >= 0.6 is 11.6 Å². The molecular weight excluding hydrogens is 556 g/mol. The largest absolute Gasteiger partial charge is 0.491 e. The van der Waals surface area contributed by atoms with Gasteiger partial charge in [-0.3, -0.25) is 9.59 Å². The number of H-pyrrole nitrogens is 1. The maximum absolute atomic E-state index is 13.4. The highest BCUT2D eigenvalue weighted by Crippen LogP contribution is 2.38. The van der Waals surface area contributed by atoms with Crippen molar-refractivity contribution >= 4 is 45.9 Å². The first-order chi connectivity index (χ1) is 20.2. The first-order valence-corrected chi connectivity index (χ1v) is 14.5. The van der Waals surface area contributed by atoms with Crippen molar-refractivity contribution in [1.82, 2.24) is 25.1 Å². The van der Waals surface area contributed by atoms with E-state index < -0.39 is 12.0 Å². The van der Waals surface area contributed by atoms with Gasteiger partial charge in [0.15, 0.2) is 0 Å². The highest BCUT2D eigenvalue weighted by Gasteiger charge is 2.36. The van der Waals surface area contributed by atoms with Crippen LogP contribution in [0.4, 0.5) is 0 Å². The number of fused-ring (bicyclic) bond motifs is 2. The van der Waals surface area contributed by atoms with Crippen molar-refractivity contribution < 1.29 is 19.4 Å². The second-order valence-corrected chi connectivity index (χ2v) is 11.6. The van der Waals surface area contributed by atoms with Gasteiger partial charge in [-0.2, -0.15) is 4.99 Å². The molecule has 1 fully saturated rings. The molecule has 11 heteroatoms. The molecular formula is C31H33ClN6O4. The van der Waals surface area contributed by atoms with Gasteiger partial charge in [0.25, 0.3) is 11.8 Å². The highest BCUT2D eigenvalue weighted by molar-refractivity contribution is 6.37. The van der Waals surface area contributed by atoms with Crippen LogP contribution in [0, 0.1) is 13.8 Å². The number of imidazole rings is 1. The number of aliphatic imine (C=N–C) groups is 1. The number of aromatic amines is 1. The topological polar surface area (TPSA) is 123 Å². The predicted molar refractivity (Wildman–Crippen MR) is 161 cm³/mol. The number of aliphatic hydroxyl groups excluding tert-OH is 1. The number of nitrogens with zero attached hydrogens (tertiary/aromatic N) is 4. The first-order valence-electron chi connectivity index (χ1n) is 14.1. The Kier molecular flexibility index (Phi) is 7.64. The van der Waals surface area contributed by atoms with Gasteiger partial charge in [-0.05, 0) is 70.4 Å². The van der Waals surface area contributed by atoms with E-state index in [0.717, 1.165) is 42.6 Å². The number of aliphatic hydroxyl groups is 1. The summed E-state index contributed by atoms with van der Waals surface area (Å²) in [6, 6.07) is 7.82. The molecule has 0 aliphatic carbocycles. The van der Waals surface area contributed by atoms with Gasteiger partial charge in [-0.25, -0.2) is 4.98 Å². The molecule has 10 nitrogen and oxygen atoms in total. The number of allylic oxidation sites excluding steroid dienone is 1. The van der Waals surface area contributed by atoms with Gasteiger partial charge in [-0.15, -0.1) is 0 Å². The lowest BCUT2D eigenvalue weighted by Crippen LogP contribution is -2.43. The van der Waals surface area contributed by atoms with Gasteiger partial charge >= 0.3 is 0 Å². The smallest absolute Gasteiger partial charge is 0.290 e. The number of halogens is 1. The van der Waals surface area contributed by atoms with E-state index >= 15 is 0 Å². The maximum atomic E-state index is 13.4. The standard InChI is InChI=1S/C31H33ClN6O4/c1-17-4-5-25(18(2)12-17)42-16-20(39)14-34-23-6-9-33-30(40)26(23)29-35-24-13-21-22(27(32)28(24)36-29)15-38(31(21)41)19-7-10-37(3)11-8-19/h4-6,12-13,19-20,34,39H,7-8,10-11,14-16H2,1-3H3,(H,35,36)/t20-/m1/s1. The maximum Gasteiger partial charge on any atom is 0.290 e. The molecule has 3 aromatic rings. The summed E-state index contributed by atoms with van der Waals surface area (Å²) in [4.78, 5) is 42.1. The number of amides is 2. The van der Waals surface area contributed by atoms with E-state index in [-0.39, 0.29) is 36.5 Å². The molecule has 0 radical (unpaired) electrons. The zero-order chi connectivity index (χ0) is 29.5. The van der Waals surface area contributed by atoms with E-state index in [0.29, 0.717) is 39.6 Å². The van der Waals surface area contributed by atoms with Crippen LogP contribution in [0.5, 0.6) is 5.75 Å². The van der Waals surface area contributed by atoms with Crippen LogP contribution in [0.2, 0.25) is 5.02 Å². The van der Waals surface area contributed by atoms with Crippen LogP contribution in [-0.4, -0.2) is 88.0 Å². The van der Waals surface area contributed by atoms with Gasteiger partial charge in [0.05, 0.1) is 16.2 Å². The molecule has 4 heterocycles. The number of hydrogen-bond donors (Lipinski definition) is 3. The molecule has 1 atom stereocenters. The second-order valence-electron chi connectivity index (χ2n) is 11.3. The molecule has 3 aliphatic heterocycles. The van der Waals surface area contributed by atoms with Crippen LogP contribution in [0.1, 0.15) is 45.7 Å². The van der Waals surface area contributed by atoms with Crippen LogP contribution in [-0.2, 0) is 11.3 Å². The highest BCUT2D eigenvalue weighted by atomic mass is 35.5. The van der Waals surface area contributed by atoms with Crippen LogP contribution in [0.15, 0.2) is 41.0 Å². The average molecular weight is 589 g/mol. The molecule has 0 saturated carbocycles. The Morgan fingerprint density at radius 2 is 2.02 bits per heavy atom. The Labute approximate surface area is 248 Å². The molecule has 6 rings (SSSR count). The average Bonchev–Trinajstić information content (AvgIpc) is 3.53. The van der Waals surface area contributed by atoms with Gasteiger partial charge in [0.1, 0.15) is 35.4 Å². The lowest BCUT2D eigenvalue weighted by Gasteiger charge is -2.34. The third kappa shape index (κ3) is 5.34. The number of hydrogen-bond acceptors (Lipinski definition) is 7. The number of likely N-dealkylation sites (tertiary alicyclic amines) is 1. The minimum Gasteiger partial charge on any atom is -0.491 e. The fraction of sp³-hybridized carbons (Fsp3) is 0.387. The quantitative estimate of drug-likeness (QED) is 0.369. The fourth-order valence-electron chi connectivity index (χ4n) is 5.81. The Morgan fingerprint density at radius 3 is 2.79 bits per heavy atom. The van der Waals surface area contributed by atoms with Gasteiger partial charge < -0.3 is 29.9 Å². The zero-order valence-corrected chi connectivity index (χ0v) is 24.6. The summed E-state index contributed by atoms with van der Waals surface area (Å²) in [6.45, 7) is 6.51. The number of ether oxygens (including phenoxy) is 1. The van der Waals surface area contributed by atoms with Gasteiger partial charge in [-0.1, -0.05) is 29.3 Å². The van der Waals surface area contributed by atoms with E-state index in [4.69, 9.17) is 16.3 Å². The third-order valence-corrected chi connectivity index (χ3v) is 8.56. The Hall–Kier alpha value is -3.95. The number of nitrogens with one attached hydrogen (secondary N) is 2. The summed E-state index contributed by atoms with van der Waals surface area (Å²) in [5.41, 5.74) is 5.11. The Bertz CT molecular complexity index is 1680. The summed E-state index contributed by atoms with van der Waals surface area (Å²) in [6.07, 6.45) is 2.54. The minimum atomic E-state index is -0.853. The summed E-state index contributed by atoms with van der Waals surface area (Å²) < 4.78 is 5.79. The minimum absolute atomic E-state index is 0.0283. The number of rotatable bonds is 8. The van der Waals surface area contributed by atoms with Crippen molar-refractivity contribution in [2.24, 2.45) is 4.99 Å². The molecule has 3 N–H and O–H groups in total. The van der Waals surface area contributed by atoms with Crippen LogP contribution < -0.4 is 10.1 Å². The number of benzene rings is 2. The molecule has 3 aliphatic rings. The molecule has 0 bridgehead atoms. The monoisotopic (exact) mass is 588 g/mol. The Balaban J connectivity index is 1.21. The number of aromatic nitrogens is 2. The normalized spacial score (nSPS) is 18.4. The van der Waals surface area contributed by atoms with Gasteiger partial charge in [0.2, 0.25) is 0 Å². The van der Waals surface area contributed by atoms with Crippen molar-refractivity contribution in [1.29, 1.82) is 0 Å². The summed E-state index contributed by atoms with van der Waals surface area (Å²) >= 11 is 6.84. The number of piperidine rings is 1. The van der Waals surface area contributed by atoms with E-state index in [9.17, 15) is 14.7 Å². The van der Waals surface area contributed by atoms with Gasteiger partial charge in [0, 0.05) is 36.3 Å². The van der Waals surface area contributed by atoms with Crippen molar-refractivity contribution in [3.05, 3.63) is 69.1 Å². The predicted octanol–water partition coefficient (Wildman–Crippen LogP) is 3.39. The van der Waals surface area contributed by atoms with Crippen molar-refractivity contribution in [3.63, 3.8) is 0 Å². The number of carbonyl (C=O) groups is 2. The third-order valence-electron chi connectivity index (χ3n) is 8.15. The molecule has 218 valence electrons. The van der Waals surface area contributed by atoms with Crippen LogP contribution in [0.25, 0.3) is 16.6 Å². The molecule has 1 aromatic heterocycles. The van der Waals surface area contributed by atoms with E-state index in [2.05, 4.69) is 38.1 Å². The molecule has 0 unspecified atom stereocenters. The molecule has 2 aromatic carbocycles. The summed E-state index contributed by atoms with van der Waals surface area (Å²) in [5, 5.41) is 14.1. The first kappa shape index (κ1) is 28.2. The number of carbonyl (C=O) groups excluding carboxylic acids is 2. The van der Waals surface area contributed by atoms with Crippen molar-refractivity contribution in [3.8, 4) is 5.75 Å². The van der Waals surface area contributed by atoms with E-state index in [1.165, 1.54) is 6.08 Å². The van der Waals surface area contributed by atoms with Crippen molar-refractivity contribution in [2.75, 3.05) is 33.3 Å². The lowest BCUT2D eigenvalue weighted by molar-refractivity contribution is -0.112. The zero-order valence-electron chi connectivity index (χ0n) is 23.8. The second kappa shape index (κ2) is 11.4. The van der Waals surface area contributed by atoms with E-state index in [1.54, 1.807) is 6.07 Å².